The van der Waals surface area contributed by atoms with Gasteiger partial charge in [0.1, 0.15) is 5.76 Å². The molecule has 1 unspecified atom stereocenters. The lowest BCUT2D eigenvalue weighted by Gasteiger charge is -2.10. The van der Waals surface area contributed by atoms with Gasteiger partial charge in [0, 0.05) is 13.2 Å². The molecule has 0 spiro atoms. The minimum Gasteiger partial charge on any atom is -0.444 e. The van der Waals surface area contributed by atoms with E-state index in [2.05, 4.69) is 10.3 Å². The molecule has 2 N–H and O–H groups in total. The van der Waals surface area contributed by atoms with Gasteiger partial charge in [0.2, 0.25) is 5.89 Å². The summed E-state index contributed by atoms with van der Waals surface area (Å²) >= 11 is 0. The summed E-state index contributed by atoms with van der Waals surface area (Å²) < 4.78 is 10.5. The number of hydrogen-bond acceptors (Lipinski definition) is 5. The van der Waals surface area contributed by atoms with Gasteiger partial charge in [0.05, 0.1) is 24.9 Å². The molecule has 0 saturated heterocycles. The summed E-state index contributed by atoms with van der Waals surface area (Å²) in [5.41, 5.74) is 0.909. The van der Waals surface area contributed by atoms with Crippen LogP contribution in [0.15, 0.2) is 4.42 Å². The zero-order valence-electron chi connectivity index (χ0n) is 10.1. The Morgan fingerprint density at radius 1 is 1.50 bits per heavy atom. The number of hydrogen-bond donors (Lipinski definition) is 2. The largest absolute Gasteiger partial charge is 0.444 e. The summed E-state index contributed by atoms with van der Waals surface area (Å²) in [6.07, 6.45) is -0.489. The zero-order valence-corrected chi connectivity index (χ0v) is 10.1. The van der Waals surface area contributed by atoms with E-state index < -0.39 is 6.10 Å². The fraction of sp³-hybridized carbons (Fsp3) is 0.727. The van der Waals surface area contributed by atoms with E-state index in [1.807, 2.05) is 20.8 Å². The van der Waals surface area contributed by atoms with Gasteiger partial charge < -0.3 is 19.6 Å². The van der Waals surface area contributed by atoms with Crippen LogP contribution in [0.1, 0.15) is 24.3 Å². The molecule has 92 valence electrons. The highest BCUT2D eigenvalue weighted by Gasteiger charge is 2.07. The lowest BCUT2D eigenvalue weighted by molar-refractivity contribution is 0.0424. The third-order valence-electron chi connectivity index (χ3n) is 2.24. The van der Waals surface area contributed by atoms with E-state index in [4.69, 9.17) is 9.15 Å². The van der Waals surface area contributed by atoms with E-state index in [-0.39, 0.29) is 0 Å². The molecule has 1 rings (SSSR count). The van der Waals surface area contributed by atoms with Gasteiger partial charge in [0.15, 0.2) is 0 Å². The number of nitrogens with one attached hydrogen (secondary N) is 1. The quantitative estimate of drug-likeness (QED) is 0.722. The van der Waals surface area contributed by atoms with Gasteiger partial charge in [0.25, 0.3) is 0 Å². The van der Waals surface area contributed by atoms with Crippen LogP contribution in [0.25, 0.3) is 0 Å². The highest BCUT2D eigenvalue weighted by Crippen LogP contribution is 2.07. The smallest absolute Gasteiger partial charge is 0.208 e. The molecule has 16 heavy (non-hydrogen) atoms. The van der Waals surface area contributed by atoms with Crippen molar-refractivity contribution >= 4 is 0 Å². The number of nitrogens with zero attached hydrogens (tertiary/aromatic N) is 1. The van der Waals surface area contributed by atoms with Crippen molar-refractivity contribution in [1.29, 1.82) is 0 Å². The summed E-state index contributed by atoms with van der Waals surface area (Å²) in [6.45, 7) is 7.67. The monoisotopic (exact) mass is 228 g/mol. The molecular formula is C11H20N2O3. The molecule has 0 radical (unpaired) electrons. The molecule has 0 saturated carbocycles. The van der Waals surface area contributed by atoms with Crippen molar-refractivity contribution in [3.8, 4) is 0 Å². The van der Waals surface area contributed by atoms with Crippen LogP contribution in [0.4, 0.5) is 0 Å². The average molecular weight is 228 g/mol. The van der Waals surface area contributed by atoms with Crippen molar-refractivity contribution in [2.45, 2.75) is 33.4 Å². The Balaban J connectivity index is 2.20. The molecule has 5 nitrogen and oxygen atoms in total. The molecule has 0 aromatic carbocycles. The molecule has 0 bridgehead atoms. The Hall–Kier alpha value is -0.910. The van der Waals surface area contributed by atoms with Crippen LogP contribution in [0.2, 0.25) is 0 Å². The molecule has 1 atom stereocenters. The van der Waals surface area contributed by atoms with Gasteiger partial charge in [-0.3, -0.25) is 0 Å². The number of aryl methyl sites for hydroxylation is 2. The van der Waals surface area contributed by atoms with Crippen molar-refractivity contribution in [2.75, 3.05) is 19.8 Å². The molecule has 5 heteroatoms. The van der Waals surface area contributed by atoms with Gasteiger partial charge in [-0.05, 0) is 20.8 Å². The van der Waals surface area contributed by atoms with Crippen molar-refractivity contribution in [1.82, 2.24) is 10.3 Å². The van der Waals surface area contributed by atoms with Gasteiger partial charge in [-0.1, -0.05) is 0 Å². The fourth-order valence-electron chi connectivity index (χ4n) is 1.27. The number of oxazole rings is 1. The van der Waals surface area contributed by atoms with E-state index in [0.717, 1.165) is 11.5 Å². The molecule has 1 heterocycles. The predicted molar refractivity (Wildman–Crippen MR) is 60.2 cm³/mol. The highest BCUT2D eigenvalue weighted by atomic mass is 16.5. The maximum absolute atomic E-state index is 9.48. The Morgan fingerprint density at radius 3 is 2.81 bits per heavy atom. The third-order valence-corrected chi connectivity index (χ3v) is 2.24. The number of ether oxygens (including phenoxy) is 1. The van der Waals surface area contributed by atoms with E-state index in [1.165, 1.54) is 0 Å². The van der Waals surface area contributed by atoms with Crippen LogP contribution in [0.5, 0.6) is 0 Å². The number of aliphatic hydroxyl groups is 1. The minimum atomic E-state index is -0.489. The molecule has 0 aliphatic rings. The number of rotatable bonds is 7. The number of aliphatic hydroxyl groups excluding tert-OH is 1. The Kier molecular flexibility index (Phi) is 5.45. The van der Waals surface area contributed by atoms with E-state index in [9.17, 15) is 5.11 Å². The molecule has 1 aromatic heterocycles. The second-order valence-corrected chi connectivity index (χ2v) is 3.69. The van der Waals surface area contributed by atoms with Crippen molar-refractivity contribution in [3.63, 3.8) is 0 Å². The Morgan fingerprint density at radius 2 is 2.25 bits per heavy atom. The highest BCUT2D eigenvalue weighted by molar-refractivity contribution is 5.05. The van der Waals surface area contributed by atoms with Crippen LogP contribution >= 0.6 is 0 Å². The van der Waals surface area contributed by atoms with Gasteiger partial charge >= 0.3 is 0 Å². The predicted octanol–water partition coefficient (Wildman–Crippen LogP) is 0.778. The van der Waals surface area contributed by atoms with E-state index >= 15 is 0 Å². The summed E-state index contributed by atoms with van der Waals surface area (Å²) in [5, 5.41) is 12.5. The van der Waals surface area contributed by atoms with Gasteiger partial charge in [-0.25, -0.2) is 4.98 Å². The summed E-state index contributed by atoms with van der Waals surface area (Å²) in [6, 6.07) is 0. The lowest BCUT2D eigenvalue weighted by Crippen LogP contribution is -2.30. The summed E-state index contributed by atoms with van der Waals surface area (Å²) in [7, 11) is 0. The first kappa shape index (κ1) is 13.2. The van der Waals surface area contributed by atoms with E-state index in [1.54, 1.807) is 0 Å². The molecule has 0 amide bonds. The zero-order chi connectivity index (χ0) is 12.0. The van der Waals surface area contributed by atoms with Gasteiger partial charge in [-0.15, -0.1) is 0 Å². The van der Waals surface area contributed by atoms with Crippen LogP contribution in [0.3, 0.4) is 0 Å². The normalized spacial score (nSPS) is 13.0. The van der Waals surface area contributed by atoms with Crippen LogP contribution in [0, 0.1) is 13.8 Å². The fourth-order valence-corrected chi connectivity index (χ4v) is 1.27. The van der Waals surface area contributed by atoms with E-state index in [0.29, 0.717) is 32.2 Å². The van der Waals surface area contributed by atoms with Crippen LogP contribution < -0.4 is 5.32 Å². The second-order valence-electron chi connectivity index (χ2n) is 3.69. The molecule has 0 aliphatic heterocycles. The summed E-state index contributed by atoms with van der Waals surface area (Å²) in [5.74, 6) is 1.49. The number of aromatic nitrogens is 1. The standard InChI is InChI=1S/C11H20N2O3/c1-4-15-7-10(14)5-12-6-11-13-8(2)9(3)16-11/h10,12,14H,4-7H2,1-3H3. The van der Waals surface area contributed by atoms with Crippen LogP contribution in [-0.4, -0.2) is 36.0 Å². The van der Waals surface area contributed by atoms with Crippen molar-refractivity contribution in [2.24, 2.45) is 0 Å². The van der Waals surface area contributed by atoms with Crippen molar-refractivity contribution < 1.29 is 14.3 Å². The first-order valence-electron chi connectivity index (χ1n) is 5.53. The molecule has 0 aliphatic carbocycles. The molecule has 0 fully saturated rings. The lowest BCUT2D eigenvalue weighted by atomic mass is 10.4. The molecule has 1 aromatic rings. The minimum absolute atomic E-state index is 0.354. The maximum Gasteiger partial charge on any atom is 0.208 e. The Labute approximate surface area is 95.8 Å². The maximum atomic E-state index is 9.48. The summed E-state index contributed by atoms with van der Waals surface area (Å²) in [4.78, 5) is 4.23. The topological polar surface area (TPSA) is 67.5 Å². The third kappa shape index (κ3) is 4.30. The van der Waals surface area contributed by atoms with Crippen LogP contribution in [-0.2, 0) is 11.3 Å². The molecular weight excluding hydrogens is 208 g/mol. The Bertz CT molecular complexity index is 293. The van der Waals surface area contributed by atoms with Gasteiger partial charge in [-0.2, -0.15) is 0 Å². The first-order chi connectivity index (χ1) is 7.63. The second kappa shape index (κ2) is 6.62. The van der Waals surface area contributed by atoms with Crippen molar-refractivity contribution in [3.05, 3.63) is 17.3 Å². The first-order valence-corrected chi connectivity index (χ1v) is 5.53. The SMILES string of the molecule is CCOCC(O)CNCc1nc(C)c(C)o1. The average Bonchev–Trinajstić information content (AvgIpc) is 2.55.